The molecule has 0 bridgehead atoms. The second kappa shape index (κ2) is 5.94. The van der Waals surface area contributed by atoms with E-state index in [1.807, 2.05) is 25.8 Å². The first-order chi connectivity index (χ1) is 8.97. The molecule has 0 aliphatic rings. The minimum absolute atomic E-state index is 0.0876. The van der Waals surface area contributed by atoms with Crippen molar-refractivity contribution in [2.75, 3.05) is 7.05 Å². The number of nitrogens with zero attached hydrogens (tertiary/aromatic N) is 3. The van der Waals surface area contributed by atoms with E-state index in [0.29, 0.717) is 17.1 Å². The van der Waals surface area contributed by atoms with Crippen LogP contribution in [0.15, 0.2) is 18.2 Å². The zero-order valence-electron chi connectivity index (χ0n) is 11.0. The van der Waals surface area contributed by atoms with Gasteiger partial charge < -0.3 is 0 Å². The third-order valence-corrected chi connectivity index (χ3v) is 4.23. The minimum atomic E-state index is -0.239. The molecular weight excluding hydrogens is 285 g/mol. The highest BCUT2D eigenvalue weighted by Crippen LogP contribution is 2.25. The molecule has 2 rings (SSSR count). The Morgan fingerprint density at radius 3 is 2.79 bits per heavy atom. The summed E-state index contributed by atoms with van der Waals surface area (Å²) < 4.78 is 13.7. The Kier molecular flexibility index (Phi) is 4.50. The summed E-state index contributed by atoms with van der Waals surface area (Å²) in [6, 6.07) is 4.69. The van der Waals surface area contributed by atoms with Crippen LogP contribution in [0.2, 0.25) is 5.02 Å². The molecule has 0 spiro atoms. The van der Waals surface area contributed by atoms with Crippen LogP contribution in [0, 0.1) is 12.7 Å². The number of rotatable bonds is 4. The third-order valence-electron chi connectivity index (χ3n) is 2.99. The van der Waals surface area contributed by atoms with Crippen molar-refractivity contribution in [2.45, 2.75) is 26.4 Å². The van der Waals surface area contributed by atoms with E-state index in [2.05, 4.69) is 10.2 Å². The summed E-state index contributed by atoms with van der Waals surface area (Å²) in [7, 11) is 1.93. The van der Waals surface area contributed by atoms with Gasteiger partial charge in [-0.2, -0.15) is 0 Å². The molecule has 0 saturated carbocycles. The molecule has 0 amide bonds. The van der Waals surface area contributed by atoms with Gasteiger partial charge in [0.15, 0.2) is 0 Å². The van der Waals surface area contributed by atoms with E-state index in [0.717, 1.165) is 10.0 Å². The van der Waals surface area contributed by atoms with Crippen LogP contribution in [0.3, 0.4) is 0 Å². The summed E-state index contributed by atoms with van der Waals surface area (Å²) in [4.78, 5) is 2.02. The Morgan fingerprint density at radius 1 is 1.42 bits per heavy atom. The van der Waals surface area contributed by atoms with E-state index < -0.39 is 0 Å². The lowest BCUT2D eigenvalue weighted by Crippen LogP contribution is -2.22. The fourth-order valence-electron chi connectivity index (χ4n) is 1.74. The lowest BCUT2D eigenvalue weighted by molar-refractivity contribution is 0.248. The van der Waals surface area contributed by atoms with Crippen LogP contribution in [0.1, 0.15) is 28.5 Å². The molecule has 0 radical (unpaired) electrons. The Hall–Kier alpha value is -1.04. The highest BCUT2D eigenvalue weighted by molar-refractivity contribution is 7.11. The van der Waals surface area contributed by atoms with Gasteiger partial charge in [0, 0.05) is 17.1 Å². The van der Waals surface area contributed by atoms with Crippen molar-refractivity contribution in [1.29, 1.82) is 0 Å². The van der Waals surface area contributed by atoms with Crippen LogP contribution in [-0.2, 0) is 6.54 Å². The molecule has 0 N–H and O–H groups in total. The summed E-state index contributed by atoms with van der Waals surface area (Å²) >= 11 is 7.45. The lowest BCUT2D eigenvalue weighted by Gasteiger charge is -2.22. The Morgan fingerprint density at radius 2 is 2.16 bits per heavy atom. The number of hydrogen-bond acceptors (Lipinski definition) is 4. The van der Waals surface area contributed by atoms with E-state index in [1.54, 1.807) is 23.5 Å². The van der Waals surface area contributed by atoms with Gasteiger partial charge in [0.05, 0.1) is 6.04 Å². The number of hydrogen-bond donors (Lipinski definition) is 0. The van der Waals surface area contributed by atoms with E-state index in [9.17, 15) is 4.39 Å². The van der Waals surface area contributed by atoms with Crippen molar-refractivity contribution in [3.05, 3.63) is 44.6 Å². The van der Waals surface area contributed by atoms with E-state index in [-0.39, 0.29) is 11.9 Å². The molecule has 0 aliphatic carbocycles. The smallest absolute Gasteiger partial charge is 0.134 e. The summed E-state index contributed by atoms with van der Waals surface area (Å²) in [5, 5.41) is 10.5. The van der Waals surface area contributed by atoms with Crippen LogP contribution in [-0.4, -0.2) is 22.1 Å². The van der Waals surface area contributed by atoms with Gasteiger partial charge in [-0.1, -0.05) is 11.6 Å². The highest BCUT2D eigenvalue weighted by Gasteiger charge is 2.17. The zero-order valence-corrected chi connectivity index (χ0v) is 12.6. The van der Waals surface area contributed by atoms with Crippen molar-refractivity contribution in [3.8, 4) is 0 Å². The molecule has 0 unspecified atom stereocenters. The first kappa shape index (κ1) is 14.4. The SMILES string of the molecule is Cc1nnc([C@H](C)N(C)Cc2cc(Cl)ccc2F)s1. The van der Waals surface area contributed by atoms with Gasteiger partial charge in [0.25, 0.3) is 0 Å². The van der Waals surface area contributed by atoms with Gasteiger partial charge in [-0.15, -0.1) is 21.5 Å². The molecule has 6 heteroatoms. The van der Waals surface area contributed by atoms with Gasteiger partial charge in [-0.05, 0) is 39.1 Å². The molecule has 0 saturated heterocycles. The maximum absolute atomic E-state index is 13.7. The molecule has 0 aliphatic heterocycles. The van der Waals surface area contributed by atoms with Crippen LogP contribution in [0.25, 0.3) is 0 Å². The van der Waals surface area contributed by atoms with Gasteiger partial charge >= 0.3 is 0 Å². The molecule has 1 heterocycles. The van der Waals surface area contributed by atoms with Crippen molar-refractivity contribution in [2.24, 2.45) is 0 Å². The number of aryl methyl sites for hydroxylation is 1. The highest BCUT2D eigenvalue weighted by atomic mass is 35.5. The molecule has 1 aromatic heterocycles. The first-order valence-electron chi connectivity index (χ1n) is 5.91. The minimum Gasteiger partial charge on any atom is -0.293 e. The Balaban J connectivity index is 2.12. The van der Waals surface area contributed by atoms with Gasteiger partial charge in [0.1, 0.15) is 15.8 Å². The topological polar surface area (TPSA) is 29.0 Å². The fourth-order valence-corrected chi connectivity index (χ4v) is 2.75. The lowest BCUT2D eigenvalue weighted by atomic mass is 10.2. The van der Waals surface area contributed by atoms with Crippen molar-refractivity contribution >= 4 is 22.9 Å². The first-order valence-corrected chi connectivity index (χ1v) is 7.11. The Bertz CT molecular complexity index is 573. The predicted molar refractivity (Wildman–Crippen MR) is 75.9 cm³/mol. The van der Waals surface area contributed by atoms with Gasteiger partial charge in [0.2, 0.25) is 0 Å². The standard InChI is InChI=1S/C13H15ClFN3S/c1-8(13-17-16-9(2)19-13)18(3)7-10-6-11(14)4-5-12(10)15/h4-6,8H,7H2,1-3H3/t8-/m0/s1. The largest absolute Gasteiger partial charge is 0.293 e. The van der Waals surface area contributed by atoms with Crippen molar-refractivity contribution in [1.82, 2.24) is 15.1 Å². The Labute approximate surface area is 121 Å². The average molecular weight is 300 g/mol. The van der Waals surface area contributed by atoms with Gasteiger partial charge in [-0.25, -0.2) is 4.39 Å². The average Bonchev–Trinajstić information content (AvgIpc) is 2.79. The van der Waals surface area contributed by atoms with Gasteiger partial charge in [-0.3, -0.25) is 4.90 Å². The van der Waals surface area contributed by atoms with Crippen LogP contribution in [0.4, 0.5) is 4.39 Å². The third kappa shape index (κ3) is 3.49. The molecule has 0 fully saturated rings. The normalized spacial score (nSPS) is 12.9. The number of halogens is 2. The summed E-state index contributed by atoms with van der Waals surface area (Å²) in [5.41, 5.74) is 0.586. The molecule has 102 valence electrons. The quantitative estimate of drug-likeness (QED) is 0.859. The summed E-state index contributed by atoms with van der Waals surface area (Å²) in [6.45, 7) is 4.43. The van der Waals surface area contributed by atoms with Crippen LogP contribution in [0.5, 0.6) is 0 Å². The molecule has 1 atom stereocenters. The van der Waals surface area contributed by atoms with Crippen LogP contribution < -0.4 is 0 Å². The molecule has 1 aromatic carbocycles. The second-order valence-corrected chi connectivity index (χ2v) is 6.14. The van der Waals surface area contributed by atoms with Crippen LogP contribution >= 0.6 is 22.9 Å². The predicted octanol–water partition coefficient (Wildman–Crippen LogP) is 3.83. The summed E-state index contributed by atoms with van der Waals surface area (Å²) in [6.07, 6.45) is 0. The number of benzene rings is 1. The molecule has 3 nitrogen and oxygen atoms in total. The van der Waals surface area contributed by atoms with E-state index in [4.69, 9.17) is 11.6 Å². The molecular formula is C13H15ClFN3S. The zero-order chi connectivity index (χ0) is 14.0. The monoisotopic (exact) mass is 299 g/mol. The maximum atomic E-state index is 13.7. The van der Waals surface area contributed by atoms with E-state index in [1.165, 1.54) is 6.07 Å². The molecule has 2 aromatic rings. The fraction of sp³-hybridized carbons (Fsp3) is 0.385. The molecule has 19 heavy (non-hydrogen) atoms. The van der Waals surface area contributed by atoms with Crippen molar-refractivity contribution in [3.63, 3.8) is 0 Å². The summed E-state index contributed by atoms with van der Waals surface area (Å²) in [5.74, 6) is -0.239. The number of aromatic nitrogens is 2. The second-order valence-electron chi connectivity index (χ2n) is 4.49. The maximum Gasteiger partial charge on any atom is 0.134 e. The van der Waals surface area contributed by atoms with E-state index >= 15 is 0 Å². The van der Waals surface area contributed by atoms with Crippen molar-refractivity contribution < 1.29 is 4.39 Å².